The number of ether oxygens (including phenoxy) is 1. The molecule has 2 aromatic carbocycles. The van der Waals surface area contributed by atoms with E-state index in [1.54, 1.807) is 18.9 Å². The fourth-order valence-corrected chi connectivity index (χ4v) is 4.62. The molecule has 0 saturated carbocycles. The molecule has 4 rings (SSSR count). The molecule has 0 radical (unpaired) electrons. The van der Waals surface area contributed by atoms with Crippen molar-refractivity contribution in [1.82, 2.24) is 25.1 Å². The molecule has 0 fully saturated rings. The first-order valence-corrected chi connectivity index (χ1v) is 12.2. The van der Waals surface area contributed by atoms with Crippen LogP contribution >= 0.6 is 11.8 Å². The highest BCUT2D eigenvalue weighted by molar-refractivity contribution is 7.99. The van der Waals surface area contributed by atoms with Gasteiger partial charge in [-0.15, -0.1) is 10.2 Å². The molecule has 33 heavy (non-hydrogen) atoms. The second-order valence-electron chi connectivity index (χ2n) is 8.01. The van der Waals surface area contributed by atoms with Crippen molar-refractivity contribution in [3.05, 3.63) is 59.7 Å². The Kier molecular flexibility index (Phi) is 7.91. The van der Waals surface area contributed by atoms with Crippen LogP contribution in [0.15, 0.2) is 53.7 Å². The Bertz CT molecular complexity index is 1240. The summed E-state index contributed by atoms with van der Waals surface area (Å²) in [5.41, 5.74) is 5.26. The van der Waals surface area contributed by atoms with Gasteiger partial charge in [0.05, 0.1) is 12.1 Å². The third kappa shape index (κ3) is 5.89. The van der Waals surface area contributed by atoms with E-state index in [9.17, 15) is 4.79 Å². The summed E-state index contributed by atoms with van der Waals surface area (Å²) in [6.45, 7) is 3.93. The third-order valence-electron chi connectivity index (χ3n) is 5.44. The second kappa shape index (κ2) is 11.2. The van der Waals surface area contributed by atoms with E-state index in [0.717, 1.165) is 47.2 Å². The van der Waals surface area contributed by atoms with Crippen molar-refractivity contribution in [3.8, 4) is 0 Å². The minimum atomic E-state index is 0.0667. The average molecular weight is 464 g/mol. The second-order valence-corrected chi connectivity index (χ2v) is 9.07. The number of unbranched alkanes of at least 4 members (excludes halogenated alkanes) is 1. The standard InChI is InChI=1S/C25H29N5O2S/c1-18-8-7-9-19(16-18)17-30-21-11-4-3-10-20(21)23-24(30)27-25(29-28-23)33-15-6-5-12-22(31)26-13-14-32-2/h3-4,7-11,16H,5-6,12-15,17H2,1-2H3,(H,26,31). The summed E-state index contributed by atoms with van der Waals surface area (Å²) in [5, 5.41) is 13.5. The zero-order chi connectivity index (χ0) is 23.0. The van der Waals surface area contributed by atoms with Crippen molar-refractivity contribution in [2.45, 2.75) is 37.9 Å². The average Bonchev–Trinajstić information content (AvgIpc) is 3.12. The van der Waals surface area contributed by atoms with Crippen LogP contribution in [0.4, 0.5) is 0 Å². The number of benzene rings is 2. The van der Waals surface area contributed by atoms with Crippen LogP contribution in [0.25, 0.3) is 22.1 Å². The van der Waals surface area contributed by atoms with Crippen LogP contribution in [-0.2, 0) is 16.1 Å². The molecule has 7 nitrogen and oxygen atoms in total. The minimum absolute atomic E-state index is 0.0667. The predicted molar refractivity (Wildman–Crippen MR) is 133 cm³/mol. The van der Waals surface area contributed by atoms with Gasteiger partial charge in [-0.3, -0.25) is 4.79 Å². The molecule has 0 bridgehead atoms. The zero-order valence-electron chi connectivity index (χ0n) is 19.1. The van der Waals surface area contributed by atoms with Crippen LogP contribution in [0.3, 0.4) is 0 Å². The molecule has 8 heteroatoms. The molecule has 0 spiro atoms. The molecular weight excluding hydrogens is 434 g/mol. The summed E-state index contributed by atoms with van der Waals surface area (Å²) >= 11 is 1.59. The topological polar surface area (TPSA) is 81.9 Å². The van der Waals surface area contributed by atoms with E-state index in [0.29, 0.717) is 24.7 Å². The van der Waals surface area contributed by atoms with Crippen LogP contribution < -0.4 is 5.32 Å². The van der Waals surface area contributed by atoms with E-state index in [-0.39, 0.29) is 5.91 Å². The number of para-hydroxylation sites is 1. The third-order valence-corrected chi connectivity index (χ3v) is 6.36. The van der Waals surface area contributed by atoms with Gasteiger partial charge in [-0.1, -0.05) is 59.8 Å². The summed E-state index contributed by atoms with van der Waals surface area (Å²) in [5.74, 6) is 0.911. The SMILES string of the molecule is COCCNC(=O)CCCCSc1nnc2c3ccccc3n(Cc3cccc(C)c3)c2n1. The van der Waals surface area contributed by atoms with Gasteiger partial charge in [-0.2, -0.15) is 0 Å². The Hall–Kier alpha value is -2.97. The minimum Gasteiger partial charge on any atom is -0.383 e. The number of nitrogens with one attached hydrogen (secondary N) is 1. The number of thioether (sulfide) groups is 1. The Balaban J connectivity index is 1.45. The largest absolute Gasteiger partial charge is 0.383 e. The number of aromatic nitrogens is 4. The number of methoxy groups -OCH3 is 1. The van der Waals surface area contributed by atoms with E-state index < -0.39 is 0 Å². The highest BCUT2D eigenvalue weighted by Gasteiger charge is 2.15. The van der Waals surface area contributed by atoms with Crippen LogP contribution in [0.5, 0.6) is 0 Å². The maximum atomic E-state index is 11.8. The van der Waals surface area contributed by atoms with Gasteiger partial charge < -0.3 is 14.6 Å². The highest BCUT2D eigenvalue weighted by Crippen LogP contribution is 2.28. The molecule has 4 aromatic rings. The van der Waals surface area contributed by atoms with E-state index in [1.165, 1.54) is 11.1 Å². The summed E-state index contributed by atoms with van der Waals surface area (Å²) in [4.78, 5) is 16.7. The van der Waals surface area contributed by atoms with Crippen molar-refractivity contribution in [2.24, 2.45) is 0 Å². The lowest BCUT2D eigenvalue weighted by molar-refractivity contribution is -0.121. The number of carbonyl (C=O) groups is 1. The number of aryl methyl sites for hydroxylation is 1. The quantitative estimate of drug-likeness (QED) is 0.263. The van der Waals surface area contributed by atoms with Gasteiger partial charge in [0.2, 0.25) is 11.1 Å². The van der Waals surface area contributed by atoms with E-state index in [2.05, 4.69) is 63.4 Å². The van der Waals surface area contributed by atoms with E-state index in [4.69, 9.17) is 9.72 Å². The van der Waals surface area contributed by atoms with Gasteiger partial charge in [-0.25, -0.2) is 4.98 Å². The molecular formula is C25H29N5O2S. The fourth-order valence-electron chi connectivity index (χ4n) is 3.84. The van der Waals surface area contributed by atoms with Crippen LogP contribution in [0.1, 0.15) is 30.4 Å². The lowest BCUT2D eigenvalue weighted by atomic mass is 10.1. The number of amides is 1. The first-order valence-electron chi connectivity index (χ1n) is 11.2. The first-order chi connectivity index (χ1) is 16.2. The lowest BCUT2D eigenvalue weighted by Crippen LogP contribution is -2.26. The van der Waals surface area contributed by atoms with Crippen LogP contribution in [0.2, 0.25) is 0 Å². The molecule has 172 valence electrons. The van der Waals surface area contributed by atoms with Crippen molar-refractivity contribution in [3.63, 3.8) is 0 Å². The Morgan fingerprint density at radius 1 is 1.12 bits per heavy atom. The summed E-state index contributed by atoms with van der Waals surface area (Å²) in [6, 6.07) is 16.8. The van der Waals surface area contributed by atoms with Crippen LogP contribution in [0, 0.1) is 6.92 Å². The van der Waals surface area contributed by atoms with Crippen molar-refractivity contribution >= 4 is 39.7 Å². The van der Waals surface area contributed by atoms with Crippen molar-refractivity contribution < 1.29 is 9.53 Å². The molecule has 1 amide bonds. The molecule has 0 unspecified atom stereocenters. The summed E-state index contributed by atoms with van der Waals surface area (Å²) in [6.07, 6.45) is 2.26. The summed E-state index contributed by atoms with van der Waals surface area (Å²) in [7, 11) is 1.62. The molecule has 2 aromatic heterocycles. The fraction of sp³-hybridized carbons (Fsp3) is 0.360. The molecule has 0 saturated heterocycles. The Labute approximate surface area is 197 Å². The number of carbonyl (C=O) groups excluding carboxylic acids is 1. The smallest absolute Gasteiger partial charge is 0.220 e. The Morgan fingerprint density at radius 2 is 2.00 bits per heavy atom. The highest BCUT2D eigenvalue weighted by atomic mass is 32.2. The van der Waals surface area contributed by atoms with E-state index in [1.807, 2.05) is 12.1 Å². The molecule has 2 heterocycles. The number of rotatable bonds is 11. The maximum Gasteiger partial charge on any atom is 0.220 e. The zero-order valence-corrected chi connectivity index (χ0v) is 19.9. The number of fused-ring (bicyclic) bond motifs is 3. The molecule has 0 aliphatic rings. The molecule has 0 aliphatic carbocycles. The van der Waals surface area contributed by atoms with Gasteiger partial charge in [0.1, 0.15) is 5.52 Å². The normalized spacial score (nSPS) is 11.3. The van der Waals surface area contributed by atoms with E-state index >= 15 is 0 Å². The van der Waals surface area contributed by atoms with Crippen molar-refractivity contribution in [1.29, 1.82) is 0 Å². The van der Waals surface area contributed by atoms with Gasteiger partial charge in [0, 0.05) is 37.8 Å². The Morgan fingerprint density at radius 3 is 2.85 bits per heavy atom. The number of nitrogens with zero attached hydrogens (tertiary/aromatic N) is 4. The van der Waals surface area contributed by atoms with Gasteiger partial charge >= 0.3 is 0 Å². The predicted octanol–water partition coefficient (Wildman–Crippen LogP) is 4.36. The molecule has 0 atom stereocenters. The molecule has 0 aliphatic heterocycles. The van der Waals surface area contributed by atoms with Crippen molar-refractivity contribution in [2.75, 3.05) is 26.0 Å². The maximum absolute atomic E-state index is 11.8. The number of hydrogen-bond acceptors (Lipinski definition) is 6. The lowest BCUT2D eigenvalue weighted by Gasteiger charge is -2.08. The van der Waals surface area contributed by atoms with Gasteiger partial charge in [-0.05, 0) is 31.4 Å². The van der Waals surface area contributed by atoms with Crippen LogP contribution in [-0.4, -0.2) is 51.7 Å². The van der Waals surface area contributed by atoms with Gasteiger partial charge in [0.25, 0.3) is 0 Å². The monoisotopic (exact) mass is 463 g/mol. The molecule has 1 N–H and O–H groups in total. The summed E-state index contributed by atoms with van der Waals surface area (Å²) < 4.78 is 7.17. The number of hydrogen-bond donors (Lipinski definition) is 1. The first kappa shape index (κ1) is 23.2. The van der Waals surface area contributed by atoms with Gasteiger partial charge in [0.15, 0.2) is 5.65 Å².